The number of hydrogen-bond acceptors (Lipinski definition) is 3. The van der Waals surface area contributed by atoms with E-state index >= 15 is 0 Å². The molecule has 1 aromatic heterocycles. The average molecular weight is 286 g/mol. The van der Waals surface area contributed by atoms with Gasteiger partial charge in [-0.2, -0.15) is 5.10 Å². The lowest BCUT2D eigenvalue weighted by atomic mass is 10.1. The Balaban J connectivity index is 2.25. The van der Waals surface area contributed by atoms with Crippen LogP contribution in [0.3, 0.4) is 0 Å². The molecule has 0 radical (unpaired) electrons. The average Bonchev–Trinajstić information content (AvgIpc) is 2.80. The number of nitrogens with zero attached hydrogens (tertiary/aromatic N) is 3. The number of para-hydroxylation sites is 1. The van der Waals surface area contributed by atoms with Crippen LogP contribution in [-0.2, 0) is 13.6 Å². The van der Waals surface area contributed by atoms with Gasteiger partial charge in [0.2, 0.25) is 0 Å². The Hall–Kier alpha value is -2.30. The van der Waals surface area contributed by atoms with E-state index in [4.69, 9.17) is 5.73 Å². The monoisotopic (exact) mass is 286 g/mol. The van der Waals surface area contributed by atoms with Gasteiger partial charge in [-0.3, -0.25) is 9.48 Å². The third kappa shape index (κ3) is 3.24. The first-order valence-electron chi connectivity index (χ1n) is 7.15. The number of aryl methyl sites for hydroxylation is 1. The Bertz CT molecular complexity index is 633. The lowest BCUT2D eigenvalue weighted by Crippen LogP contribution is -2.31. The summed E-state index contributed by atoms with van der Waals surface area (Å²) in [6, 6.07) is 7.66. The van der Waals surface area contributed by atoms with E-state index < -0.39 is 0 Å². The van der Waals surface area contributed by atoms with Crippen molar-refractivity contribution < 1.29 is 4.79 Å². The first-order valence-corrected chi connectivity index (χ1v) is 7.15. The molecule has 0 atom stereocenters. The van der Waals surface area contributed by atoms with Crippen LogP contribution in [0.15, 0.2) is 30.5 Å². The second-order valence-corrected chi connectivity index (χ2v) is 5.19. The fraction of sp³-hybridized carbons (Fsp3) is 0.375. The highest BCUT2D eigenvalue weighted by Gasteiger charge is 2.20. The molecule has 0 fully saturated rings. The van der Waals surface area contributed by atoms with Crippen LogP contribution in [0.4, 0.5) is 5.69 Å². The summed E-state index contributed by atoms with van der Waals surface area (Å²) in [6.45, 7) is 5.18. The predicted molar refractivity (Wildman–Crippen MR) is 83.8 cm³/mol. The van der Waals surface area contributed by atoms with Gasteiger partial charge in [0.1, 0.15) is 0 Å². The Morgan fingerprint density at radius 2 is 2.10 bits per heavy atom. The number of anilines is 1. The molecule has 0 spiro atoms. The Morgan fingerprint density at radius 1 is 1.38 bits per heavy atom. The molecular formula is C16H22N4O. The number of hydrogen-bond donors (Lipinski definition) is 1. The first-order chi connectivity index (χ1) is 10.0. The number of carbonyl (C=O) groups excluding carboxylic acids is 1. The number of nitrogen functional groups attached to an aromatic ring is 1. The molecule has 2 aromatic rings. The third-order valence-electron chi connectivity index (χ3n) is 3.66. The van der Waals surface area contributed by atoms with Crippen molar-refractivity contribution >= 4 is 11.6 Å². The van der Waals surface area contributed by atoms with Crippen molar-refractivity contribution in [2.75, 3.05) is 12.3 Å². The SMILES string of the molecule is CCCN(Cc1ccccc1N)C(=O)c1cnn(C)c1C. The Labute approximate surface area is 125 Å². The molecule has 5 nitrogen and oxygen atoms in total. The second-order valence-electron chi connectivity index (χ2n) is 5.19. The molecule has 0 saturated carbocycles. The molecule has 5 heteroatoms. The van der Waals surface area contributed by atoms with Gasteiger partial charge in [0.15, 0.2) is 0 Å². The van der Waals surface area contributed by atoms with Gasteiger partial charge in [-0.25, -0.2) is 0 Å². The summed E-state index contributed by atoms with van der Waals surface area (Å²) in [5.41, 5.74) is 9.20. The minimum atomic E-state index is 0.00528. The number of aromatic nitrogens is 2. The molecule has 0 aliphatic heterocycles. The van der Waals surface area contributed by atoms with Gasteiger partial charge >= 0.3 is 0 Å². The largest absolute Gasteiger partial charge is 0.398 e. The molecule has 0 aliphatic rings. The van der Waals surface area contributed by atoms with Gasteiger partial charge in [-0.05, 0) is 25.0 Å². The number of nitrogens with two attached hydrogens (primary N) is 1. The molecule has 112 valence electrons. The normalized spacial score (nSPS) is 10.6. The maximum absolute atomic E-state index is 12.7. The van der Waals surface area contributed by atoms with Gasteiger partial charge in [-0.1, -0.05) is 25.1 Å². The number of carbonyl (C=O) groups is 1. The summed E-state index contributed by atoms with van der Waals surface area (Å²) < 4.78 is 1.72. The zero-order valence-corrected chi connectivity index (χ0v) is 12.8. The molecule has 2 N–H and O–H groups in total. The number of amides is 1. The van der Waals surface area contributed by atoms with E-state index in [-0.39, 0.29) is 5.91 Å². The molecular weight excluding hydrogens is 264 g/mol. The van der Waals surface area contributed by atoms with E-state index in [1.807, 2.05) is 43.1 Å². The van der Waals surface area contributed by atoms with Crippen LogP contribution in [0.1, 0.15) is 35.0 Å². The molecule has 1 amide bonds. The van der Waals surface area contributed by atoms with E-state index in [0.717, 1.165) is 17.7 Å². The summed E-state index contributed by atoms with van der Waals surface area (Å²) in [7, 11) is 1.84. The second kappa shape index (κ2) is 6.43. The van der Waals surface area contributed by atoms with E-state index in [1.165, 1.54) is 0 Å². The van der Waals surface area contributed by atoms with Crippen molar-refractivity contribution in [3.8, 4) is 0 Å². The maximum Gasteiger partial charge on any atom is 0.257 e. The zero-order valence-electron chi connectivity index (χ0n) is 12.8. The summed E-state index contributed by atoms with van der Waals surface area (Å²) in [6.07, 6.45) is 2.53. The number of rotatable bonds is 5. The van der Waals surface area contributed by atoms with Crippen LogP contribution >= 0.6 is 0 Å². The standard InChI is InChI=1S/C16H22N4O/c1-4-9-20(11-13-7-5-6-8-15(13)17)16(21)14-10-18-19(3)12(14)2/h5-8,10H,4,9,11,17H2,1-3H3. The van der Waals surface area contributed by atoms with Crippen LogP contribution in [-0.4, -0.2) is 27.1 Å². The summed E-state index contributed by atoms with van der Waals surface area (Å²) in [5, 5.41) is 4.15. The van der Waals surface area contributed by atoms with Crippen LogP contribution in [0.2, 0.25) is 0 Å². The van der Waals surface area contributed by atoms with Crippen molar-refractivity contribution in [3.05, 3.63) is 47.3 Å². The van der Waals surface area contributed by atoms with Gasteiger partial charge < -0.3 is 10.6 Å². The molecule has 0 unspecified atom stereocenters. The molecule has 1 aromatic carbocycles. The van der Waals surface area contributed by atoms with Gasteiger partial charge in [0, 0.05) is 31.5 Å². The van der Waals surface area contributed by atoms with E-state index in [9.17, 15) is 4.79 Å². The van der Waals surface area contributed by atoms with Gasteiger partial charge in [0.25, 0.3) is 5.91 Å². The fourth-order valence-electron chi connectivity index (χ4n) is 2.29. The molecule has 1 heterocycles. The van der Waals surface area contributed by atoms with Crippen molar-refractivity contribution in [2.45, 2.75) is 26.8 Å². The van der Waals surface area contributed by atoms with Gasteiger partial charge in [-0.15, -0.1) is 0 Å². The number of benzene rings is 1. The third-order valence-corrected chi connectivity index (χ3v) is 3.66. The smallest absolute Gasteiger partial charge is 0.257 e. The highest BCUT2D eigenvalue weighted by molar-refractivity contribution is 5.95. The fourth-order valence-corrected chi connectivity index (χ4v) is 2.29. The minimum absolute atomic E-state index is 0.00528. The predicted octanol–water partition coefficient (Wildman–Crippen LogP) is 2.36. The van der Waals surface area contributed by atoms with Gasteiger partial charge in [0.05, 0.1) is 11.8 Å². The molecule has 2 rings (SSSR count). The highest BCUT2D eigenvalue weighted by Crippen LogP contribution is 2.17. The summed E-state index contributed by atoms with van der Waals surface area (Å²) >= 11 is 0. The summed E-state index contributed by atoms with van der Waals surface area (Å²) in [4.78, 5) is 14.5. The van der Waals surface area contributed by atoms with Crippen molar-refractivity contribution in [3.63, 3.8) is 0 Å². The molecule has 0 aliphatic carbocycles. The van der Waals surface area contributed by atoms with Crippen LogP contribution in [0.5, 0.6) is 0 Å². The lowest BCUT2D eigenvalue weighted by Gasteiger charge is -2.23. The minimum Gasteiger partial charge on any atom is -0.398 e. The Morgan fingerprint density at radius 3 is 2.67 bits per heavy atom. The Kier molecular flexibility index (Phi) is 4.62. The van der Waals surface area contributed by atoms with Crippen molar-refractivity contribution in [2.24, 2.45) is 7.05 Å². The molecule has 21 heavy (non-hydrogen) atoms. The molecule has 0 saturated heterocycles. The summed E-state index contributed by atoms with van der Waals surface area (Å²) in [5.74, 6) is 0.00528. The van der Waals surface area contributed by atoms with Crippen LogP contribution in [0, 0.1) is 6.92 Å². The van der Waals surface area contributed by atoms with Crippen molar-refractivity contribution in [1.29, 1.82) is 0 Å². The lowest BCUT2D eigenvalue weighted by molar-refractivity contribution is 0.0742. The van der Waals surface area contributed by atoms with Crippen LogP contribution < -0.4 is 5.73 Å². The van der Waals surface area contributed by atoms with E-state index in [0.29, 0.717) is 24.3 Å². The topological polar surface area (TPSA) is 64.2 Å². The van der Waals surface area contributed by atoms with Crippen molar-refractivity contribution in [1.82, 2.24) is 14.7 Å². The molecule has 0 bridgehead atoms. The van der Waals surface area contributed by atoms with E-state index in [1.54, 1.807) is 10.9 Å². The quantitative estimate of drug-likeness (QED) is 0.858. The highest BCUT2D eigenvalue weighted by atomic mass is 16.2. The first kappa shape index (κ1) is 15.1. The van der Waals surface area contributed by atoms with E-state index in [2.05, 4.69) is 12.0 Å². The van der Waals surface area contributed by atoms with Crippen LogP contribution in [0.25, 0.3) is 0 Å². The maximum atomic E-state index is 12.7. The zero-order chi connectivity index (χ0) is 15.4.